The lowest BCUT2D eigenvalue weighted by molar-refractivity contribution is 0.00578. The molecular formula is C48H89BO5. The van der Waals surface area contributed by atoms with Crippen molar-refractivity contribution >= 4 is 12.6 Å². The van der Waals surface area contributed by atoms with Crippen molar-refractivity contribution in [3.63, 3.8) is 0 Å². The molecule has 314 valence electrons. The molecule has 0 bridgehead atoms. The standard InChI is InChI=1S/C48H89BO5/c1-8-11-14-17-20-23-26-29-32-35-38-50-44-41-43(49-53-47(4,5)48(6,7)54-49)42-45(51-39-36-33-30-27-24-21-18-15-12-9-2)46(44)52-40-37-34-31-28-25-22-19-16-13-10-3/h41-42H,8-40H2,1-7H3. The van der Waals surface area contributed by atoms with Gasteiger partial charge in [0, 0.05) is 0 Å². The number of hydrogen-bond acceptors (Lipinski definition) is 5. The maximum atomic E-state index is 6.61. The average molecular weight is 757 g/mol. The smallest absolute Gasteiger partial charge is 0.490 e. The molecule has 0 saturated carbocycles. The van der Waals surface area contributed by atoms with Crippen molar-refractivity contribution in [1.82, 2.24) is 0 Å². The van der Waals surface area contributed by atoms with Crippen LogP contribution in [0.1, 0.15) is 241 Å². The van der Waals surface area contributed by atoms with Gasteiger partial charge in [0.1, 0.15) is 0 Å². The number of benzene rings is 1. The molecule has 0 aliphatic carbocycles. The molecular weight excluding hydrogens is 667 g/mol. The van der Waals surface area contributed by atoms with Crippen LogP contribution in [0.5, 0.6) is 17.2 Å². The first kappa shape index (κ1) is 48.8. The van der Waals surface area contributed by atoms with Crippen molar-refractivity contribution in [3.05, 3.63) is 12.1 Å². The fraction of sp³-hybridized carbons (Fsp3) is 0.875. The SMILES string of the molecule is CCCCCCCCCCCCOc1cc(B2OC(C)(C)C(C)(C)O2)cc(OCCCCCCCCCCCC)c1OCCCCCCCCCCCC. The van der Waals surface area contributed by atoms with Crippen molar-refractivity contribution in [2.24, 2.45) is 0 Å². The minimum Gasteiger partial charge on any atom is -0.490 e. The fourth-order valence-corrected chi connectivity index (χ4v) is 7.38. The van der Waals surface area contributed by atoms with E-state index in [1.165, 1.54) is 173 Å². The van der Waals surface area contributed by atoms with Crippen LogP contribution in [0.2, 0.25) is 0 Å². The lowest BCUT2D eigenvalue weighted by Crippen LogP contribution is -2.41. The van der Waals surface area contributed by atoms with Gasteiger partial charge in [-0.2, -0.15) is 0 Å². The Labute approximate surface area is 336 Å². The van der Waals surface area contributed by atoms with E-state index in [2.05, 4.69) is 60.6 Å². The van der Waals surface area contributed by atoms with Gasteiger partial charge in [-0.25, -0.2) is 0 Å². The molecule has 1 heterocycles. The predicted molar refractivity (Wildman–Crippen MR) is 234 cm³/mol. The van der Waals surface area contributed by atoms with E-state index in [9.17, 15) is 0 Å². The predicted octanol–water partition coefficient (Wildman–Crippen LogP) is 14.9. The highest BCUT2D eigenvalue weighted by molar-refractivity contribution is 6.62. The molecule has 0 aromatic heterocycles. The Kier molecular flexibility index (Phi) is 27.7. The highest BCUT2D eigenvalue weighted by Crippen LogP contribution is 2.41. The summed E-state index contributed by atoms with van der Waals surface area (Å²) in [6.07, 6.45) is 39.2. The lowest BCUT2D eigenvalue weighted by atomic mass is 9.78. The van der Waals surface area contributed by atoms with Crippen LogP contribution in [0.25, 0.3) is 0 Å². The zero-order valence-corrected chi connectivity index (χ0v) is 37.1. The Morgan fingerprint density at radius 1 is 0.389 bits per heavy atom. The Bertz CT molecular complexity index is 963. The third-order valence-electron chi connectivity index (χ3n) is 11.8. The Morgan fingerprint density at radius 3 is 0.944 bits per heavy atom. The normalized spacial score (nSPS) is 14.9. The Balaban J connectivity index is 2.04. The lowest BCUT2D eigenvalue weighted by Gasteiger charge is -2.32. The van der Waals surface area contributed by atoms with E-state index >= 15 is 0 Å². The second-order valence-electron chi connectivity index (χ2n) is 17.5. The molecule has 2 rings (SSSR count). The van der Waals surface area contributed by atoms with E-state index < -0.39 is 18.3 Å². The third kappa shape index (κ3) is 21.2. The van der Waals surface area contributed by atoms with E-state index in [-0.39, 0.29) is 0 Å². The summed E-state index contributed by atoms with van der Waals surface area (Å²) in [4.78, 5) is 0. The molecule has 0 unspecified atom stereocenters. The summed E-state index contributed by atoms with van der Waals surface area (Å²) in [7, 11) is -0.481. The van der Waals surface area contributed by atoms with Crippen LogP contribution in [-0.2, 0) is 9.31 Å². The van der Waals surface area contributed by atoms with Crippen LogP contribution in [0, 0.1) is 0 Å². The van der Waals surface area contributed by atoms with Gasteiger partial charge in [-0.1, -0.05) is 194 Å². The van der Waals surface area contributed by atoms with Crippen LogP contribution in [0.4, 0.5) is 0 Å². The first-order valence-corrected chi connectivity index (χ1v) is 23.7. The average Bonchev–Trinajstić information content (AvgIpc) is 3.37. The first-order valence-electron chi connectivity index (χ1n) is 23.7. The van der Waals surface area contributed by atoms with Crippen LogP contribution >= 0.6 is 0 Å². The third-order valence-corrected chi connectivity index (χ3v) is 11.8. The summed E-state index contributed by atoms with van der Waals surface area (Å²) >= 11 is 0. The number of unbranched alkanes of at least 4 members (excludes halogenated alkanes) is 27. The Morgan fingerprint density at radius 2 is 0.648 bits per heavy atom. The topological polar surface area (TPSA) is 46.2 Å². The van der Waals surface area contributed by atoms with E-state index in [4.69, 9.17) is 23.5 Å². The maximum Gasteiger partial charge on any atom is 0.495 e. The fourth-order valence-electron chi connectivity index (χ4n) is 7.38. The molecule has 1 aromatic rings. The van der Waals surface area contributed by atoms with Gasteiger partial charge in [0.15, 0.2) is 11.5 Å². The van der Waals surface area contributed by atoms with Gasteiger partial charge >= 0.3 is 7.12 Å². The van der Waals surface area contributed by atoms with E-state index in [0.717, 1.165) is 42.0 Å². The summed E-state index contributed by atoms with van der Waals surface area (Å²) < 4.78 is 32.8. The maximum absolute atomic E-state index is 6.61. The van der Waals surface area contributed by atoms with E-state index in [0.29, 0.717) is 19.8 Å². The molecule has 1 aliphatic heterocycles. The van der Waals surface area contributed by atoms with Crippen LogP contribution < -0.4 is 19.7 Å². The van der Waals surface area contributed by atoms with Gasteiger partial charge in [-0.05, 0) is 64.6 Å². The molecule has 6 heteroatoms. The van der Waals surface area contributed by atoms with Crippen molar-refractivity contribution in [1.29, 1.82) is 0 Å². The number of ether oxygens (including phenoxy) is 3. The molecule has 0 radical (unpaired) electrons. The number of hydrogen-bond donors (Lipinski definition) is 0. The van der Waals surface area contributed by atoms with Gasteiger partial charge in [-0.3, -0.25) is 0 Å². The quantitative estimate of drug-likeness (QED) is 0.0500. The summed E-state index contributed by atoms with van der Waals surface area (Å²) in [5.74, 6) is 2.29. The highest BCUT2D eigenvalue weighted by Gasteiger charge is 2.52. The largest absolute Gasteiger partial charge is 0.495 e. The molecule has 0 atom stereocenters. The molecule has 0 amide bonds. The number of rotatable bonds is 37. The van der Waals surface area contributed by atoms with Gasteiger partial charge in [0.25, 0.3) is 0 Å². The minimum atomic E-state index is -0.481. The molecule has 0 spiro atoms. The molecule has 1 fully saturated rings. The van der Waals surface area contributed by atoms with Crippen molar-refractivity contribution in [2.75, 3.05) is 19.8 Å². The van der Waals surface area contributed by atoms with Crippen molar-refractivity contribution in [3.8, 4) is 17.2 Å². The van der Waals surface area contributed by atoms with Crippen LogP contribution in [-0.4, -0.2) is 38.1 Å². The van der Waals surface area contributed by atoms with Crippen LogP contribution in [0.15, 0.2) is 12.1 Å². The first-order chi connectivity index (χ1) is 26.3. The Hall–Kier alpha value is -1.40. The van der Waals surface area contributed by atoms with E-state index in [1.807, 2.05) is 0 Å². The summed E-state index contributed by atoms with van der Waals surface area (Å²) in [6.45, 7) is 17.3. The molecule has 54 heavy (non-hydrogen) atoms. The monoisotopic (exact) mass is 757 g/mol. The second kappa shape index (κ2) is 30.7. The van der Waals surface area contributed by atoms with E-state index in [1.54, 1.807) is 0 Å². The molecule has 1 aliphatic rings. The molecule has 0 N–H and O–H groups in total. The molecule has 1 saturated heterocycles. The minimum absolute atomic E-state index is 0.420. The molecule has 5 nitrogen and oxygen atoms in total. The van der Waals surface area contributed by atoms with Gasteiger partial charge in [-0.15, -0.1) is 0 Å². The summed E-state index contributed by atoms with van der Waals surface area (Å²) in [5, 5.41) is 0. The van der Waals surface area contributed by atoms with Crippen molar-refractivity contribution in [2.45, 2.75) is 252 Å². The highest BCUT2D eigenvalue weighted by atomic mass is 16.7. The van der Waals surface area contributed by atoms with Gasteiger partial charge in [0.05, 0.1) is 31.0 Å². The summed E-state index contributed by atoms with van der Waals surface area (Å²) in [6, 6.07) is 4.19. The van der Waals surface area contributed by atoms with Crippen LogP contribution in [0.3, 0.4) is 0 Å². The zero-order chi connectivity index (χ0) is 39.2. The second-order valence-corrected chi connectivity index (χ2v) is 17.5. The zero-order valence-electron chi connectivity index (χ0n) is 37.1. The summed E-state index contributed by atoms with van der Waals surface area (Å²) in [5.41, 5.74) is 0.100. The van der Waals surface area contributed by atoms with Gasteiger partial charge < -0.3 is 23.5 Å². The van der Waals surface area contributed by atoms with Gasteiger partial charge in [0.2, 0.25) is 5.75 Å². The molecule has 1 aromatic carbocycles. The van der Waals surface area contributed by atoms with Crippen molar-refractivity contribution < 1.29 is 23.5 Å².